The summed E-state index contributed by atoms with van der Waals surface area (Å²) in [6.07, 6.45) is 3.37. The Labute approximate surface area is 384 Å². The average Bonchev–Trinajstić information content (AvgIpc) is 3.74. The van der Waals surface area contributed by atoms with E-state index in [-0.39, 0.29) is 5.92 Å². The molecule has 12 aromatic rings. The molecule has 0 fully saturated rings. The third-order valence-corrected chi connectivity index (χ3v) is 13.9. The Bertz CT molecular complexity index is 3870. The summed E-state index contributed by atoms with van der Waals surface area (Å²) in [6, 6.07) is 89.5. The lowest BCUT2D eigenvalue weighted by molar-refractivity contribution is 0.813. The fourth-order valence-electron chi connectivity index (χ4n) is 10.8. The molecule has 0 saturated heterocycles. The molecule has 0 bridgehead atoms. The van der Waals surface area contributed by atoms with Crippen LogP contribution in [0.2, 0.25) is 0 Å². The highest BCUT2D eigenvalue weighted by Gasteiger charge is 2.29. The van der Waals surface area contributed by atoms with E-state index in [0.29, 0.717) is 0 Å². The van der Waals surface area contributed by atoms with Gasteiger partial charge in [0, 0.05) is 50.3 Å². The highest BCUT2D eigenvalue weighted by atomic mass is 15.2. The maximum Gasteiger partial charge on any atom is 0.0619 e. The van der Waals surface area contributed by atoms with Crippen molar-refractivity contribution >= 4 is 71.2 Å². The SMILES string of the molecule is C1=C(N(c2ccc(-c3cccc(-n4c5ccccc5c5ccc6ccccc6c54)c3)cc2)c2ccccc2-c2ccc3ccccc3c2)c2ccccc2C(c2ccc3ccccc3c2)C1. The molecule has 1 aliphatic carbocycles. The number of allylic oxidation sites excluding steroid dienone is 1. The third-order valence-electron chi connectivity index (χ3n) is 13.9. The maximum atomic E-state index is 2.50. The summed E-state index contributed by atoms with van der Waals surface area (Å²) in [5.74, 6) is 0.245. The Morgan fingerprint density at radius 1 is 0.394 bits per heavy atom. The molecule has 1 heterocycles. The first-order valence-electron chi connectivity index (χ1n) is 23.0. The van der Waals surface area contributed by atoms with Crippen LogP contribution < -0.4 is 4.90 Å². The van der Waals surface area contributed by atoms with Gasteiger partial charge in [0.2, 0.25) is 0 Å². The molecule has 0 spiro atoms. The zero-order valence-electron chi connectivity index (χ0n) is 36.4. The number of para-hydroxylation sites is 2. The van der Waals surface area contributed by atoms with Gasteiger partial charge in [-0.1, -0.05) is 206 Å². The van der Waals surface area contributed by atoms with Crippen molar-refractivity contribution in [1.29, 1.82) is 0 Å². The fraction of sp³-hybridized carbons (Fsp3) is 0.0312. The molecule has 1 aliphatic rings. The standard InChI is InChI=1S/C64H44N2/c1-3-17-47-40-50(30-28-43(47)14-1)54-38-39-63(58-24-8-7-23-57(54)58)65(61-26-11-9-21-55(61)51-31-29-44-15-2-4-18-48(44)41-51)52-35-32-45(33-36-52)49-19-13-20-53(42-49)66-62-27-12-10-25-59(62)60-37-34-46-16-5-6-22-56(46)64(60)66/h1-37,39-42,54H,38H2. The topological polar surface area (TPSA) is 8.17 Å². The number of benzene rings is 11. The Hall–Kier alpha value is -8.46. The van der Waals surface area contributed by atoms with Crippen molar-refractivity contribution in [1.82, 2.24) is 4.57 Å². The lowest BCUT2D eigenvalue weighted by Gasteiger charge is -2.35. The Morgan fingerprint density at radius 3 is 1.86 bits per heavy atom. The summed E-state index contributed by atoms with van der Waals surface area (Å²) in [5, 5.41) is 10.1. The summed E-state index contributed by atoms with van der Waals surface area (Å²) in [5.41, 5.74) is 15.7. The second kappa shape index (κ2) is 15.7. The zero-order valence-corrected chi connectivity index (χ0v) is 36.4. The van der Waals surface area contributed by atoms with Gasteiger partial charge in [0.05, 0.1) is 16.7 Å². The molecule has 0 N–H and O–H groups in total. The minimum atomic E-state index is 0.245. The Morgan fingerprint density at radius 2 is 1.03 bits per heavy atom. The van der Waals surface area contributed by atoms with Gasteiger partial charge in [0.25, 0.3) is 0 Å². The fourth-order valence-corrected chi connectivity index (χ4v) is 10.8. The monoisotopic (exact) mass is 840 g/mol. The second-order valence-corrected chi connectivity index (χ2v) is 17.6. The van der Waals surface area contributed by atoms with Gasteiger partial charge >= 0.3 is 0 Å². The average molecular weight is 841 g/mol. The third kappa shape index (κ3) is 6.33. The van der Waals surface area contributed by atoms with Crippen LogP contribution in [0.3, 0.4) is 0 Å². The predicted molar refractivity (Wildman–Crippen MR) is 280 cm³/mol. The molecule has 0 radical (unpaired) electrons. The first kappa shape index (κ1) is 38.0. The van der Waals surface area contributed by atoms with E-state index >= 15 is 0 Å². The van der Waals surface area contributed by atoms with Crippen molar-refractivity contribution in [3.05, 3.63) is 265 Å². The molecule has 13 rings (SSSR count). The lowest BCUT2D eigenvalue weighted by Crippen LogP contribution is -2.21. The lowest BCUT2D eigenvalue weighted by atomic mass is 9.80. The van der Waals surface area contributed by atoms with Crippen molar-refractivity contribution in [2.45, 2.75) is 12.3 Å². The summed E-state index contributed by atoms with van der Waals surface area (Å²) >= 11 is 0. The minimum absolute atomic E-state index is 0.245. The van der Waals surface area contributed by atoms with Gasteiger partial charge < -0.3 is 9.47 Å². The molecule has 1 unspecified atom stereocenters. The van der Waals surface area contributed by atoms with Crippen LogP contribution in [-0.4, -0.2) is 4.57 Å². The summed E-state index contributed by atoms with van der Waals surface area (Å²) in [4.78, 5) is 2.50. The van der Waals surface area contributed by atoms with Gasteiger partial charge in [-0.15, -0.1) is 0 Å². The van der Waals surface area contributed by atoms with E-state index in [1.165, 1.54) is 98.8 Å². The van der Waals surface area contributed by atoms with E-state index in [1.807, 2.05) is 0 Å². The molecule has 0 aliphatic heterocycles. The molecule has 1 atom stereocenters. The molecule has 2 nitrogen and oxygen atoms in total. The molecule has 0 saturated carbocycles. The number of fused-ring (bicyclic) bond motifs is 8. The van der Waals surface area contributed by atoms with Gasteiger partial charge in [-0.2, -0.15) is 0 Å². The molecule has 11 aromatic carbocycles. The largest absolute Gasteiger partial charge is 0.310 e. The van der Waals surface area contributed by atoms with Crippen LogP contribution in [0.1, 0.15) is 29.0 Å². The number of aromatic nitrogens is 1. The minimum Gasteiger partial charge on any atom is -0.310 e. The van der Waals surface area contributed by atoms with E-state index in [1.54, 1.807) is 0 Å². The van der Waals surface area contributed by atoms with Gasteiger partial charge in [0.1, 0.15) is 0 Å². The summed E-state index contributed by atoms with van der Waals surface area (Å²) < 4.78 is 2.45. The van der Waals surface area contributed by atoms with Gasteiger partial charge in [-0.25, -0.2) is 0 Å². The summed E-state index contributed by atoms with van der Waals surface area (Å²) in [7, 11) is 0. The van der Waals surface area contributed by atoms with Crippen molar-refractivity contribution < 1.29 is 0 Å². The number of nitrogens with zero attached hydrogens (tertiary/aromatic N) is 2. The number of hydrogen-bond donors (Lipinski definition) is 0. The van der Waals surface area contributed by atoms with Crippen molar-refractivity contribution in [3.63, 3.8) is 0 Å². The van der Waals surface area contributed by atoms with Gasteiger partial charge in [0.15, 0.2) is 0 Å². The van der Waals surface area contributed by atoms with Crippen LogP contribution in [0.25, 0.3) is 87.8 Å². The van der Waals surface area contributed by atoms with Crippen molar-refractivity contribution in [2.75, 3.05) is 4.90 Å². The van der Waals surface area contributed by atoms with Crippen LogP contribution in [0.15, 0.2) is 249 Å². The van der Waals surface area contributed by atoms with Crippen LogP contribution in [0.5, 0.6) is 0 Å². The highest BCUT2D eigenvalue weighted by Crippen LogP contribution is 2.47. The van der Waals surface area contributed by atoms with Crippen molar-refractivity contribution in [3.8, 4) is 27.9 Å². The van der Waals surface area contributed by atoms with Crippen LogP contribution in [0.4, 0.5) is 11.4 Å². The van der Waals surface area contributed by atoms with Crippen LogP contribution >= 0.6 is 0 Å². The van der Waals surface area contributed by atoms with Gasteiger partial charge in [-0.05, 0) is 104 Å². The van der Waals surface area contributed by atoms with E-state index in [0.717, 1.165) is 23.5 Å². The van der Waals surface area contributed by atoms with Crippen molar-refractivity contribution in [2.24, 2.45) is 0 Å². The molecule has 66 heavy (non-hydrogen) atoms. The Balaban J connectivity index is 0.946. The molecule has 2 heteroatoms. The van der Waals surface area contributed by atoms with E-state index < -0.39 is 0 Å². The molecular weight excluding hydrogens is 797 g/mol. The van der Waals surface area contributed by atoms with Gasteiger partial charge in [-0.3, -0.25) is 0 Å². The molecule has 310 valence electrons. The van der Waals surface area contributed by atoms with Crippen LogP contribution in [0, 0.1) is 0 Å². The Kier molecular flexibility index (Phi) is 9.02. The normalized spacial score (nSPS) is 13.6. The summed E-state index contributed by atoms with van der Waals surface area (Å²) in [6.45, 7) is 0. The maximum absolute atomic E-state index is 2.50. The van der Waals surface area contributed by atoms with E-state index in [4.69, 9.17) is 0 Å². The molecule has 0 amide bonds. The molecule has 1 aromatic heterocycles. The van der Waals surface area contributed by atoms with E-state index in [9.17, 15) is 0 Å². The highest BCUT2D eigenvalue weighted by molar-refractivity contribution is 6.18. The zero-order chi connectivity index (χ0) is 43.6. The quantitative estimate of drug-likeness (QED) is 0.155. The number of rotatable bonds is 7. The first-order valence-corrected chi connectivity index (χ1v) is 23.0. The smallest absolute Gasteiger partial charge is 0.0619 e. The predicted octanol–water partition coefficient (Wildman–Crippen LogP) is 17.3. The first-order chi connectivity index (χ1) is 32.7. The van der Waals surface area contributed by atoms with E-state index in [2.05, 4.69) is 258 Å². The number of anilines is 2. The molecular formula is C64H44N2. The second-order valence-electron chi connectivity index (χ2n) is 17.6. The number of hydrogen-bond acceptors (Lipinski definition) is 1. The van der Waals surface area contributed by atoms with Crippen LogP contribution in [-0.2, 0) is 0 Å².